The molecule has 0 aliphatic heterocycles. The van der Waals surface area contributed by atoms with Gasteiger partial charge in [0.05, 0.1) is 5.56 Å². The Morgan fingerprint density at radius 2 is 1.96 bits per heavy atom. The van der Waals surface area contributed by atoms with Crippen molar-refractivity contribution in [3.63, 3.8) is 0 Å². The first-order valence-electron chi connectivity index (χ1n) is 8.75. The lowest BCUT2D eigenvalue weighted by atomic mass is 10.1. The van der Waals surface area contributed by atoms with E-state index in [1.54, 1.807) is 12.3 Å². The van der Waals surface area contributed by atoms with Crippen molar-refractivity contribution in [3.05, 3.63) is 63.9 Å². The lowest BCUT2D eigenvalue weighted by molar-refractivity contribution is -0.116. The highest BCUT2D eigenvalue weighted by Gasteiger charge is 2.14. The standard InChI is InChI=1S/C20H22N4O3/c1-12(2)19-22-23-20(27-19)15-8-9-18(26)24(10-15)11-17(25)21-16-7-5-6-13(3)14(16)4/h5-10,12H,11H2,1-4H3,(H,21,25). The fourth-order valence-corrected chi connectivity index (χ4v) is 2.60. The Bertz CT molecular complexity index is 1030. The summed E-state index contributed by atoms with van der Waals surface area (Å²) < 4.78 is 6.95. The van der Waals surface area contributed by atoms with E-state index in [0.29, 0.717) is 17.3 Å². The number of aryl methyl sites for hydroxylation is 1. The molecule has 7 heteroatoms. The topological polar surface area (TPSA) is 90.0 Å². The minimum Gasteiger partial charge on any atom is -0.420 e. The fourth-order valence-electron chi connectivity index (χ4n) is 2.60. The maximum Gasteiger partial charge on any atom is 0.251 e. The summed E-state index contributed by atoms with van der Waals surface area (Å²) in [5, 5.41) is 10.9. The highest BCUT2D eigenvalue weighted by Crippen LogP contribution is 2.20. The minimum absolute atomic E-state index is 0.106. The predicted molar refractivity (Wildman–Crippen MR) is 103 cm³/mol. The van der Waals surface area contributed by atoms with Crippen LogP contribution in [0.5, 0.6) is 0 Å². The molecule has 1 aromatic carbocycles. The van der Waals surface area contributed by atoms with E-state index in [9.17, 15) is 9.59 Å². The quantitative estimate of drug-likeness (QED) is 0.748. The van der Waals surface area contributed by atoms with Crippen molar-refractivity contribution < 1.29 is 9.21 Å². The third kappa shape index (κ3) is 4.13. The molecule has 0 atom stereocenters. The number of nitrogens with zero attached hydrogens (tertiary/aromatic N) is 3. The number of hydrogen-bond acceptors (Lipinski definition) is 5. The van der Waals surface area contributed by atoms with E-state index in [1.165, 1.54) is 10.6 Å². The molecule has 3 aromatic rings. The number of rotatable bonds is 5. The van der Waals surface area contributed by atoms with Gasteiger partial charge in [-0.05, 0) is 37.1 Å². The monoisotopic (exact) mass is 366 g/mol. The Morgan fingerprint density at radius 3 is 2.67 bits per heavy atom. The zero-order valence-corrected chi connectivity index (χ0v) is 15.8. The molecule has 0 saturated carbocycles. The summed E-state index contributed by atoms with van der Waals surface area (Å²) >= 11 is 0. The van der Waals surface area contributed by atoms with Gasteiger partial charge in [-0.25, -0.2) is 0 Å². The molecule has 0 fully saturated rings. The van der Waals surface area contributed by atoms with E-state index in [2.05, 4.69) is 15.5 Å². The lowest BCUT2D eigenvalue weighted by Crippen LogP contribution is -2.27. The van der Waals surface area contributed by atoms with Gasteiger partial charge in [0.2, 0.25) is 17.7 Å². The molecule has 0 saturated heterocycles. The zero-order valence-electron chi connectivity index (χ0n) is 15.8. The van der Waals surface area contributed by atoms with Crippen LogP contribution in [0.25, 0.3) is 11.5 Å². The smallest absolute Gasteiger partial charge is 0.251 e. The molecule has 0 unspecified atom stereocenters. The highest BCUT2D eigenvalue weighted by atomic mass is 16.4. The maximum atomic E-state index is 12.4. The average molecular weight is 366 g/mol. The fraction of sp³-hybridized carbons (Fsp3) is 0.300. The summed E-state index contributed by atoms with van der Waals surface area (Å²) in [7, 11) is 0. The molecular weight excluding hydrogens is 344 g/mol. The van der Waals surface area contributed by atoms with Gasteiger partial charge in [0.15, 0.2) is 0 Å². The van der Waals surface area contributed by atoms with Gasteiger partial charge in [0.25, 0.3) is 5.56 Å². The van der Waals surface area contributed by atoms with E-state index in [0.717, 1.165) is 16.8 Å². The number of benzene rings is 1. The second kappa shape index (κ2) is 7.57. The van der Waals surface area contributed by atoms with Crippen LogP contribution >= 0.6 is 0 Å². The molecule has 2 heterocycles. The molecular formula is C20H22N4O3. The van der Waals surface area contributed by atoms with Gasteiger partial charge in [-0.15, -0.1) is 10.2 Å². The number of hydrogen-bond donors (Lipinski definition) is 1. The molecule has 3 rings (SSSR count). The molecule has 0 aliphatic rings. The Morgan fingerprint density at radius 1 is 1.19 bits per heavy atom. The minimum atomic E-state index is -0.281. The lowest BCUT2D eigenvalue weighted by Gasteiger charge is -2.11. The van der Waals surface area contributed by atoms with Gasteiger partial charge in [-0.2, -0.15) is 0 Å². The number of nitrogens with one attached hydrogen (secondary N) is 1. The van der Waals surface area contributed by atoms with E-state index >= 15 is 0 Å². The van der Waals surface area contributed by atoms with Crippen molar-refractivity contribution in [1.29, 1.82) is 0 Å². The van der Waals surface area contributed by atoms with E-state index in [-0.39, 0.29) is 23.9 Å². The van der Waals surface area contributed by atoms with Crippen LogP contribution in [0.1, 0.15) is 36.8 Å². The summed E-state index contributed by atoms with van der Waals surface area (Å²) in [6.45, 7) is 7.73. The highest BCUT2D eigenvalue weighted by molar-refractivity contribution is 5.91. The van der Waals surface area contributed by atoms with Gasteiger partial charge in [-0.1, -0.05) is 26.0 Å². The summed E-state index contributed by atoms with van der Waals surface area (Å²) in [6.07, 6.45) is 1.56. The molecule has 1 amide bonds. The van der Waals surface area contributed by atoms with Crippen molar-refractivity contribution in [1.82, 2.24) is 14.8 Å². The van der Waals surface area contributed by atoms with Crippen LogP contribution in [0.4, 0.5) is 5.69 Å². The summed E-state index contributed by atoms with van der Waals surface area (Å²) in [4.78, 5) is 24.6. The van der Waals surface area contributed by atoms with Crippen LogP contribution in [0.2, 0.25) is 0 Å². The van der Waals surface area contributed by atoms with Gasteiger partial charge in [0, 0.05) is 23.9 Å². The Balaban J connectivity index is 1.81. The molecule has 0 spiro atoms. The first-order chi connectivity index (χ1) is 12.8. The van der Waals surface area contributed by atoms with Crippen LogP contribution in [-0.2, 0) is 11.3 Å². The van der Waals surface area contributed by atoms with Crippen molar-refractivity contribution in [2.75, 3.05) is 5.32 Å². The predicted octanol–water partition coefficient (Wildman–Crippen LogP) is 3.28. The van der Waals surface area contributed by atoms with Gasteiger partial charge < -0.3 is 14.3 Å². The van der Waals surface area contributed by atoms with Crippen LogP contribution < -0.4 is 10.9 Å². The molecule has 0 radical (unpaired) electrons. The second-order valence-electron chi connectivity index (χ2n) is 6.78. The number of amides is 1. The second-order valence-corrected chi connectivity index (χ2v) is 6.78. The maximum absolute atomic E-state index is 12.4. The van der Waals surface area contributed by atoms with Crippen LogP contribution in [-0.4, -0.2) is 20.7 Å². The molecule has 0 bridgehead atoms. The zero-order chi connectivity index (χ0) is 19.6. The van der Waals surface area contributed by atoms with Crippen molar-refractivity contribution in [3.8, 4) is 11.5 Å². The molecule has 140 valence electrons. The van der Waals surface area contributed by atoms with Gasteiger partial charge in [0.1, 0.15) is 6.54 Å². The average Bonchev–Trinajstić information content (AvgIpc) is 3.11. The first-order valence-corrected chi connectivity index (χ1v) is 8.75. The van der Waals surface area contributed by atoms with Crippen LogP contribution in [0.3, 0.4) is 0 Å². The SMILES string of the molecule is Cc1cccc(NC(=O)Cn2cc(-c3nnc(C(C)C)o3)ccc2=O)c1C. The van der Waals surface area contributed by atoms with E-state index in [4.69, 9.17) is 4.42 Å². The number of carbonyl (C=O) groups is 1. The third-order valence-corrected chi connectivity index (χ3v) is 4.36. The number of aromatic nitrogens is 3. The summed E-state index contributed by atoms with van der Waals surface area (Å²) in [5.74, 6) is 0.676. The van der Waals surface area contributed by atoms with E-state index in [1.807, 2.05) is 45.9 Å². The Labute approximate surface area is 157 Å². The van der Waals surface area contributed by atoms with Crippen molar-refractivity contribution >= 4 is 11.6 Å². The number of carbonyl (C=O) groups excluding carboxylic acids is 1. The Kier molecular flexibility index (Phi) is 5.21. The summed E-state index contributed by atoms with van der Waals surface area (Å²) in [6, 6.07) is 8.70. The largest absolute Gasteiger partial charge is 0.420 e. The van der Waals surface area contributed by atoms with E-state index < -0.39 is 0 Å². The molecule has 2 aromatic heterocycles. The van der Waals surface area contributed by atoms with Crippen LogP contribution in [0, 0.1) is 13.8 Å². The molecule has 1 N–H and O–H groups in total. The molecule has 7 nitrogen and oxygen atoms in total. The van der Waals surface area contributed by atoms with Crippen LogP contribution in [0.15, 0.2) is 45.7 Å². The molecule has 27 heavy (non-hydrogen) atoms. The van der Waals surface area contributed by atoms with Crippen molar-refractivity contribution in [2.45, 2.75) is 40.2 Å². The van der Waals surface area contributed by atoms with Crippen molar-refractivity contribution in [2.24, 2.45) is 0 Å². The van der Waals surface area contributed by atoms with Gasteiger partial charge >= 0.3 is 0 Å². The normalized spacial score (nSPS) is 11.0. The van der Waals surface area contributed by atoms with Gasteiger partial charge in [-0.3, -0.25) is 9.59 Å². The Hall–Kier alpha value is -3.22. The number of pyridine rings is 1. The first kappa shape index (κ1) is 18.6. The molecule has 0 aliphatic carbocycles. The number of anilines is 1. The summed E-state index contributed by atoms with van der Waals surface area (Å²) in [5.41, 5.74) is 3.14. The third-order valence-electron chi connectivity index (χ3n) is 4.36.